The number of ketones is 1. The Bertz CT molecular complexity index is 1570. The van der Waals surface area contributed by atoms with Crippen molar-refractivity contribution in [2.75, 3.05) is 20.1 Å². The van der Waals surface area contributed by atoms with Crippen LogP contribution in [0.25, 0.3) is 0 Å². The molecule has 0 radical (unpaired) electrons. The number of nitrogens with two attached hydrogens (primary N) is 1. The number of nitrogens with zero attached hydrogens (tertiary/aromatic N) is 4. The number of piperidine rings is 1. The molecule has 2 heterocycles. The predicted molar refractivity (Wildman–Crippen MR) is 205 cm³/mol. The second kappa shape index (κ2) is 20.2. The van der Waals surface area contributed by atoms with E-state index in [2.05, 4.69) is 26.2 Å². The van der Waals surface area contributed by atoms with Gasteiger partial charge in [-0.3, -0.25) is 9.79 Å². The molecule has 1 fully saturated rings. The molecule has 13 heteroatoms. The number of terminal acetylenes is 1. The lowest BCUT2D eigenvalue weighted by Crippen LogP contribution is -2.50. The number of hydrogen-bond acceptors (Lipinski definition) is 9. The highest BCUT2D eigenvalue weighted by molar-refractivity contribution is 5.94. The summed E-state index contributed by atoms with van der Waals surface area (Å²) in [6.07, 6.45) is 5.42. The SMILES string of the molecule is C#CC[C@@H]1C[C@@H](Oc2cc(O[C@@H](C)[C@@H](C)C[C@@H](F)CNC)nc(C(N)=NC(C)C)n2)CCN1C(=O)OC(C)(C)C.CC(=O)C(C)(C)c1ccccc1F. The number of rotatable bonds is 14. The maximum absolute atomic E-state index is 14.2. The highest BCUT2D eigenvalue weighted by Gasteiger charge is 2.35. The Balaban J connectivity index is 0.000000626. The van der Waals surface area contributed by atoms with Crippen molar-refractivity contribution in [1.82, 2.24) is 20.2 Å². The Morgan fingerprint density at radius 2 is 1.77 bits per heavy atom. The Labute approximate surface area is 314 Å². The molecule has 53 heavy (non-hydrogen) atoms. The molecular weight excluding hydrogens is 682 g/mol. The number of likely N-dealkylation sites (tertiary alicyclic amines) is 1. The first-order valence-corrected chi connectivity index (χ1v) is 18.2. The molecule has 0 spiro atoms. The minimum absolute atomic E-state index is 0.0300. The number of carbonyl (C=O) groups is 2. The molecule has 1 aromatic carbocycles. The number of aliphatic imine (C=N–C) groups is 1. The summed E-state index contributed by atoms with van der Waals surface area (Å²) in [5.41, 5.74) is 5.32. The van der Waals surface area contributed by atoms with Gasteiger partial charge in [0.2, 0.25) is 17.6 Å². The van der Waals surface area contributed by atoms with Crippen molar-refractivity contribution in [3.05, 3.63) is 47.5 Å². The largest absolute Gasteiger partial charge is 0.474 e. The van der Waals surface area contributed by atoms with E-state index in [1.54, 1.807) is 50.1 Å². The van der Waals surface area contributed by atoms with Crippen molar-refractivity contribution < 1.29 is 32.6 Å². The van der Waals surface area contributed by atoms with Crippen molar-refractivity contribution in [1.29, 1.82) is 0 Å². The fourth-order valence-electron chi connectivity index (χ4n) is 5.52. The van der Waals surface area contributed by atoms with E-state index in [1.165, 1.54) is 13.0 Å². The smallest absolute Gasteiger partial charge is 0.410 e. The van der Waals surface area contributed by atoms with Gasteiger partial charge in [-0.1, -0.05) is 25.1 Å². The van der Waals surface area contributed by atoms with Crippen molar-refractivity contribution >= 4 is 17.7 Å². The van der Waals surface area contributed by atoms with Gasteiger partial charge in [-0.2, -0.15) is 9.97 Å². The highest BCUT2D eigenvalue weighted by atomic mass is 19.1. The number of halogens is 2. The highest BCUT2D eigenvalue weighted by Crippen LogP contribution is 2.29. The molecule has 1 aromatic heterocycles. The minimum Gasteiger partial charge on any atom is -0.474 e. The van der Waals surface area contributed by atoms with Gasteiger partial charge in [0.1, 0.15) is 35.6 Å². The van der Waals surface area contributed by atoms with Crippen LogP contribution in [0, 0.1) is 24.1 Å². The molecule has 2 aromatic rings. The molecule has 1 aliphatic heterocycles. The molecule has 0 unspecified atom stereocenters. The number of aromatic nitrogens is 2. The van der Waals surface area contributed by atoms with E-state index in [9.17, 15) is 18.4 Å². The molecule has 11 nitrogen and oxygen atoms in total. The van der Waals surface area contributed by atoms with E-state index in [4.69, 9.17) is 26.4 Å². The lowest BCUT2D eigenvalue weighted by molar-refractivity contribution is -0.121. The maximum Gasteiger partial charge on any atom is 0.410 e. The van der Waals surface area contributed by atoms with Crippen LogP contribution in [0.15, 0.2) is 35.3 Å². The zero-order chi connectivity index (χ0) is 40.1. The monoisotopic (exact) mass is 742 g/mol. The summed E-state index contributed by atoms with van der Waals surface area (Å²) in [5, 5.41) is 2.85. The van der Waals surface area contributed by atoms with Crippen molar-refractivity contribution in [3.8, 4) is 24.1 Å². The van der Waals surface area contributed by atoms with Crippen LogP contribution in [0.5, 0.6) is 11.8 Å². The molecule has 5 atom stereocenters. The van der Waals surface area contributed by atoms with E-state index in [-0.39, 0.29) is 71.8 Å². The number of carbonyl (C=O) groups excluding carboxylic acids is 2. The summed E-state index contributed by atoms with van der Waals surface area (Å²) < 4.78 is 45.4. The van der Waals surface area contributed by atoms with E-state index in [0.717, 1.165) is 0 Å². The Morgan fingerprint density at radius 1 is 1.13 bits per heavy atom. The lowest BCUT2D eigenvalue weighted by Gasteiger charge is -2.39. The quantitative estimate of drug-likeness (QED) is 0.121. The second-order valence-electron chi connectivity index (χ2n) is 15.3. The summed E-state index contributed by atoms with van der Waals surface area (Å²) in [5.74, 6) is 3.12. The zero-order valence-electron chi connectivity index (χ0n) is 33.3. The van der Waals surface area contributed by atoms with Crippen LogP contribution in [0.3, 0.4) is 0 Å². The summed E-state index contributed by atoms with van der Waals surface area (Å²) in [7, 11) is 1.72. The number of alkyl halides is 1. The fourth-order valence-corrected chi connectivity index (χ4v) is 5.52. The van der Waals surface area contributed by atoms with Gasteiger partial charge in [0.15, 0.2) is 5.84 Å². The minimum atomic E-state index is -0.984. The molecule has 1 aliphatic rings. The summed E-state index contributed by atoms with van der Waals surface area (Å²) in [6.45, 7) is 18.7. The molecule has 1 amide bonds. The van der Waals surface area contributed by atoms with Crippen LogP contribution in [0.4, 0.5) is 13.6 Å². The van der Waals surface area contributed by atoms with E-state index >= 15 is 0 Å². The van der Waals surface area contributed by atoms with Crippen LogP contribution >= 0.6 is 0 Å². The van der Waals surface area contributed by atoms with Gasteiger partial charge in [-0.15, -0.1) is 12.3 Å². The first-order valence-electron chi connectivity index (χ1n) is 18.2. The van der Waals surface area contributed by atoms with Gasteiger partial charge in [0.05, 0.1) is 11.5 Å². The first-order chi connectivity index (χ1) is 24.7. The lowest BCUT2D eigenvalue weighted by atomic mass is 9.81. The van der Waals surface area contributed by atoms with Gasteiger partial charge in [0.25, 0.3) is 0 Å². The van der Waals surface area contributed by atoms with Gasteiger partial charge >= 0.3 is 6.09 Å². The van der Waals surface area contributed by atoms with E-state index in [0.29, 0.717) is 37.8 Å². The molecule has 1 saturated heterocycles. The van der Waals surface area contributed by atoms with Crippen LogP contribution in [0.2, 0.25) is 0 Å². The van der Waals surface area contributed by atoms with Gasteiger partial charge in [-0.05, 0) is 87.8 Å². The normalized spacial score (nSPS) is 18.2. The summed E-state index contributed by atoms with van der Waals surface area (Å²) in [6, 6.07) is 7.68. The van der Waals surface area contributed by atoms with Crippen molar-refractivity contribution in [2.24, 2.45) is 16.6 Å². The standard InChI is InChI=1S/C29H47FN6O4.C11H13FO/c1-10-11-22-15-23(12-13-36(22)28(37)40-29(6,7)8)39-25-16-24(34-27(35-25)26(31)33-18(2)3)38-20(5)19(4)14-21(30)17-32-9;1-8(13)11(2,3)9-6-4-5-7-10(9)12/h1,16,18-23,32H,11-15,17H2,2-9H3,(H2,31,33);4-7H,1-3H3/t19-,20-,21+,22+,23-;/m0./s1. The Morgan fingerprint density at radius 3 is 2.34 bits per heavy atom. The second-order valence-corrected chi connectivity index (χ2v) is 15.3. The number of amidine groups is 1. The zero-order valence-corrected chi connectivity index (χ0v) is 33.3. The molecule has 0 bridgehead atoms. The van der Waals surface area contributed by atoms with Crippen LogP contribution < -0.4 is 20.5 Å². The number of Topliss-reactive ketones (excluding diaryl/α,β-unsaturated/α-hetero) is 1. The third-order valence-corrected chi connectivity index (χ3v) is 8.83. The number of amides is 1. The van der Waals surface area contributed by atoms with E-state index < -0.39 is 23.3 Å². The van der Waals surface area contributed by atoms with Crippen molar-refractivity contribution in [3.63, 3.8) is 0 Å². The van der Waals surface area contributed by atoms with Crippen LogP contribution in [-0.4, -0.2) is 88.8 Å². The Kier molecular flexibility index (Phi) is 17.1. The topological polar surface area (TPSA) is 141 Å². The predicted octanol–water partition coefficient (Wildman–Crippen LogP) is 6.80. The molecule has 0 saturated carbocycles. The number of hydrogen-bond donors (Lipinski definition) is 2. The Hall–Kier alpha value is -4.31. The number of ether oxygens (including phenoxy) is 3. The van der Waals surface area contributed by atoms with Crippen LogP contribution in [0.1, 0.15) is 106 Å². The summed E-state index contributed by atoms with van der Waals surface area (Å²) in [4.78, 5) is 39.0. The maximum atomic E-state index is 14.2. The van der Waals surface area contributed by atoms with Gasteiger partial charge in [-0.25, -0.2) is 13.6 Å². The third kappa shape index (κ3) is 14.6. The van der Waals surface area contributed by atoms with Gasteiger partial charge < -0.3 is 30.2 Å². The van der Waals surface area contributed by atoms with E-state index in [1.807, 2.05) is 48.5 Å². The number of benzene rings is 1. The molecule has 0 aliphatic carbocycles. The first kappa shape index (κ1) is 44.8. The van der Waals surface area contributed by atoms with Crippen molar-refractivity contribution in [2.45, 2.75) is 136 Å². The van der Waals surface area contributed by atoms with Gasteiger partial charge in [0, 0.05) is 50.0 Å². The average Bonchev–Trinajstić information content (AvgIpc) is 3.04. The number of nitrogens with one attached hydrogen (secondary N) is 1. The average molecular weight is 743 g/mol. The molecular formula is C40H60F2N6O5. The third-order valence-electron chi connectivity index (χ3n) is 8.83. The van der Waals surface area contributed by atoms with Crippen LogP contribution in [-0.2, 0) is 14.9 Å². The summed E-state index contributed by atoms with van der Waals surface area (Å²) >= 11 is 0. The molecule has 3 N–H and O–H groups in total. The fraction of sp³-hybridized carbons (Fsp3) is 0.625. The molecule has 3 rings (SSSR count). The molecule has 294 valence electrons.